The second-order valence-electron chi connectivity index (χ2n) is 4.41. The van der Waals surface area contributed by atoms with Gasteiger partial charge >= 0.3 is 0 Å². The quantitative estimate of drug-likeness (QED) is 0.820. The maximum atomic E-state index is 5.66. The van der Waals surface area contributed by atoms with Gasteiger partial charge in [-0.15, -0.1) is 0 Å². The number of hydrogen-bond donors (Lipinski definition) is 1. The minimum absolute atomic E-state index is 0.138. The van der Waals surface area contributed by atoms with E-state index in [0.717, 1.165) is 19.7 Å². The number of methoxy groups -OCH3 is 2. The van der Waals surface area contributed by atoms with Crippen molar-refractivity contribution in [1.29, 1.82) is 0 Å². The molecule has 0 spiro atoms. The average Bonchev–Trinajstić information content (AvgIpc) is 2.44. The first-order valence-electron chi connectivity index (χ1n) is 6.22. The number of nitrogens with one attached hydrogen (secondary N) is 1. The highest BCUT2D eigenvalue weighted by Gasteiger charge is 2.17. The van der Waals surface area contributed by atoms with Crippen molar-refractivity contribution in [3.05, 3.63) is 6.07 Å². The molecule has 1 saturated heterocycles. The average molecular weight is 268 g/mol. The smallest absolute Gasteiger partial charge is 0.229 e. The molecule has 7 nitrogen and oxygen atoms in total. The third kappa shape index (κ3) is 3.93. The molecule has 0 saturated carbocycles. The van der Waals surface area contributed by atoms with Gasteiger partial charge in [-0.1, -0.05) is 0 Å². The number of aromatic nitrogens is 2. The first-order chi connectivity index (χ1) is 9.21. The lowest BCUT2D eigenvalue weighted by atomic mass is 10.3. The molecule has 0 aliphatic carbocycles. The fraction of sp³-hybridized carbons (Fsp3) is 0.667. The number of rotatable bonds is 5. The van der Waals surface area contributed by atoms with E-state index < -0.39 is 0 Å². The Morgan fingerprint density at radius 1 is 1.37 bits per heavy atom. The molecular weight excluding hydrogens is 248 g/mol. The van der Waals surface area contributed by atoms with Gasteiger partial charge in [0.25, 0.3) is 0 Å². The Balaban J connectivity index is 1.94. The van der Waals surface area contributed by atoms with Gasteiger partial charge in [0.15, 0.2) is 0 Å². The van der Waals surface area contributed by atoms with Crippen LogP contribution in [0.3, 0.4) is 0 Å². The van der Waals surface area contributed by atoms with E-state index in [4.69, 9.17) is 14.2 Å². The molecule has 0 bridgehead atoms. The summed E-state index contributed by atoms with van der Waals surface area (Å²) in [5.74, 6) is 1.42. The zero-order chi connectivity index (χ0) is 13.7. The number of hydrogen-bond acceptors (Lipinski definition) is 7. The molecule has 1 aromatic rings. The Hall–Kier alpha value is -1.60. The third-order valence-electron chi connectivity index (χ3n) is 2.93. The fourth-order valence-electron chi connectivity index (χ4n) is 1.89. The molecular formula is C12H20N4O3. The van der Waals surface area contributed by atoms with E-state index in [1.165, 1.54) is 0 Å². The SMILES string of the molecule is COc1cc(OC)nc(NCC2CN(C)CCO2)n1. The first-order valence-corrected chi connectivity index (χ1v) is 6.22. The van der Waals surface area contributed by atoms with Crippen molar-refractivity contribution >= 4 is 5.95 Å². The van der Waals surface area contributed by atoms with Crippen molar-refractivity contribution in [2.24, 2.45) is 0 Å². The summed E-state index contributed by atoms with van der Waals surface area (Å²) < 4.78 is 15.9. The Morgan fingerprint density at radius 2 is 2.05 bits per heavy atom. The van der Waals surface area contributed by atoms with Crippen molar-refractivity contribution < 1.29 is 14.2 Å². The van der Waals surface area contributed by atoms with Crippen molar-refractivity contribution in [3.63, 3.8) is 0 Å². The Morgan fingerprint density at radius 3 is 2.63 bits per heavy atom. The zero-order valence-corrected chi connectivity index (χ0v) is 11.5. The van der Waals surface area contributed by atoms with Crippen molar-refractivity contribution in [2.45, 2.75) is 6.10 Å². The minimum atomic E-state index is 0.138. The van der Waals surface area contributed by atoms with Crippen LogP contribution in [0.4, 0.5) is 5.95 Å². The van der Waals surface area contributed by atoms with Crippen LogP contribution in [-0.4, -0.2) is 68.5 Å². The summed E-state index contributed by atoms with van der Waals surface area (Å²) in [5, 5.41) is 3.15. The van der Waals surface area contributed by atoms with Gasteiger partial charge in [-0.05, 0) is 7.05 Å². The molecule has 2 rings (SSSR count). The van der Waals surface area contributed by atoms with Gasteiger partial charge in [0.1, 0.15) is 0 Å². The fourth-order valence-corrected chi connectivity index (χ4v) is 1.89. The summed E-state index contributed by atoms with van der Waals surface area (Å²) in [5.41, 5.74) is 0. The van der Waals surface area contributed by atoms with Crippen LogP contribution in [0.15, 0.2) is 6.07 Å². The largest absolute Gasteiger partial charge is 0.481 e. The molecule has 1 aliphatic rings. The van der Waals surface area contributed by atoms with Crippen LogP contribution in [0.1, 0.15) is 0 Å². The topological polar surface area (TPSA) is 68.7 Å². The highest BCUT2D eigenvalue weighted by molar-refractivity contribution is 5.33. The lowest BCUT2D eigenvalue weighted by Gasteiger charge is -2.30. The van der Waals surface area contributed by atoms with Gasteiger partial charge in [0, 0.05) is 19.6 Å². The van der Waals surface area contributed by atoms with Crippen LogP contribution in [0.25, 0.3) is 0 Å². The third-order valence-corrected chi connectivity index (χ3v) is 2.93. The summed E-state index contributed by atoms with van der Waals surface area (Å²) in [6.45, 7) is 3.28. The lowest BCUT2D eigenvalue weighted by Crippen LogP contribution is -2.43. The van der Waals surface area contributed by atoms with Gasteiger partial charge in [-0.3, -0.25) is 0 Å². The zero-order valence-electron chi connectivity index (χ0n) is 11.5. The number of ether oxygens (including phenoxy) is 3. The number of anilines is 1. The summed E-state index contributed by atoms with van der Waals surface area (Å²) >= 11 is 0. The van der Waals surface area contributed by atoms with Crippen LogP contribution < -0.4 is 14.8 Å². The standard InChI is InChI=1S/C12H20N4O3/c1-16-4-5-19-9(8-16)7-13-12-14-10(17-2)6-11(15-12)18-3/h6,9H,4-5,7-8H2,1-3H3,(H,13,14,15). The molecule has 1 aliphatic heterocycles. The molecule has 1 aromatic heterocycles. The number of likely N-dealkylation sites (N-methyl/N-ethyl adjacent to an activating group) is 1. The van der Waals surface area contributed by atoms with Gasteiger partial charge < -0.3 is 24.4 Å². The van der Waals surface area contributed by atoms with E-state index >= 15 is 0 Å². The van der Waals surface area contributed by atoms with E-state index in [1.54, 1.807) is 20.3 Å². The van der Waals surface area contributed by atoms with E-state index in [0.29, 0.717) is 24.3 Å². The molecule has 1 fully saturated rings. The number of morpholine rings is 1. The maximum absolute atomic E-state index is 5.66. The lowest BCUT2D eigenvalue weighted by molar-refractivity contribution is -0.0118. The molecule has 0 aromatic carbocycles. The number of nitrogens with zero attached hydrogens (tertiary/aromatic N) is 3. The van der Waals surface area contributed by atoms with Gasteiger partial charge in [-0.25, -0.2) is 0 Å². The van der Waals surface area contributed by atoms with Crippen molar-refractivity contribution in [2.75, 3.05) is 52.8 Å². The predicted octanol–water partition coefficient (Wildman–Crippen LogP) is 0.236. The summed E-state index contributed by atoms with van der Waals surface area (Å²) in [6, 6.07) is 1.63. The van der Waals surface area contributed by atoms with Gasteiger partial charge in [0.05, 0.1) is 33.0 Å². The summed E-state index contributed by atoms with van der Waals surface area (Å²) in [7, 11) is 5.20. The second kappa shape index (κ2) is 6.53. The first kappa shape index (κ1) is 13.8. The molecule has 0 radical (unpaired) electrons. The molecule has 1 unspecified atom stereocenters. The van der Waals surface area contributed by atoms with Crippen LogP contribution in [0.5, 0.6) is 11.8 Å². The molecule has 1 atom stereocenters. The molecule has 2 heterocycles. The van der Waals surface area contributed by atoms with E-state index in [1.807, 2.05) is 0 Å². The summed E-state index contributed by atoms with van der Waals surface area (Å²) in [4.78, 5) is 10.7. The van der Waals surface area contributed by atoms with Gasteiger partial charge in [0.2, 0.25) is 17.7 Å². The Bertz CT molecular complexity index is 394. The van der Waals surface area contributed by atoms with E-state index in [2.05, 4.69) is 27.2 Å². The van der Waals surface area contributed by atoms with Crippen molar-refractivity contribution in [3.8, 4) is 11.8 Å². The Kier molecular flexibility index (Phi) is 4.75. The molecule has 1 N–H and O–H groups in total. The second-order valence-corrected chi connectivity index (χ2v) is 4.41. The van der Waals surface area contributed by atoms with E-state index in [-0.39, 0.29) is 6.10 Å². The van der Waals surface area contributed by atoms with Crippen molar-refractivity contribution in [1.82, 2.24) is 14.9 Å². The highest BCUT2D eigenvalue weighted by atomic mass is 16.5. The maximum Gasteiger partial charge on any atom is 0.229 e. The summed E-state index contributed by atoms with van der Waals surface area (Å²) in [6.07, 6.45) is 0.138. The normalized spacial score (nSPS) is 20.1. The van der Waals surface area contributed by atoms with Crippen LogP contribution in [0, 0.1) is 0 Å². The monoisotopic (exact) mass is 268 g/mol. The highest BCUT2D eigenvalue weighted by Crippen LogP contribution is 2.17. The molecule has 0 amide bonds. The molecule has 106 valence electrons. The molecule has 19 heavy (non-hydrogen) atoms. The van der Waals surface area contributed by atoms with Crippen LogP contribution in [-0.2, 0) is 4.74 Å². The minimum Gasteiger partial charge on any atom is -0.481 e. The van der Waals surface area contributed by atoms with Crippen LogP contribution >= 0.6 is 0 Å². The van der Waals surface area contributed by atoms with E-state index in [9.17, 15) is 0 Å². The van der Waals surface area contributed by atoms with Gasteiger partial charge in [-0.2, -0.15) is 9.97 Å². The molecule has 7 heteroatoms. The Labute approximate surface area is 112 Å². The van der Waals surface area contributed by atoms with Crippen LogP contribution in [0.2, 0.25) is 0 Å². The predicted molar refractivity (Wildman–Crippen MR) is 70.9 cm³/mol.